The maximum Gasteiger partial charge on any atom is 0.129 e. The van der Waals surface area contributed by atoms with Crippen LogP contribution in [0, 0.1) is 0 Å². The summed E-state index contributed by atoms with van der Waals surface area (Å²) in [6.45, 7) is 0. The standard InChI is InChI=1S/C15H14ClNO2/c16-12-9-17-6-5-10(12)7-13(18)15-8-11-3-1-2-4-14(11)19-15/h1-6,9,13,15,18H,7-8H2. The Hall–Kier alpha value is -1.58. The zero-order chi connectivity index (χ0) is 13.2. The SMILES string of the molecule is OC(Cc1ccncc1Cl)C1Cc2ccccc2O1. The first kappa shape index (κ1) is 12.5. The quantitative estimate of drug-likeness (QED) is 0.936. The van der Waals surface area contributed by atoms with Gasteiger partial charge in [0.05, 0.1) is 11.1 Å². The molecule has 0 bridgehead atoms. The van der Waals surface area contributed by atoms with Crippen LogP contribution in [0.4, 0.5) is 0 Å². The van der Waals surface area contributed by atoms with E-state index in [1.165, 1.54) is 0 Å². The minimum atomic E-state index is -0.577. The Morgan fingerprint density at radius 2 is 2.21 bits per heavy atom. The summed E-state index contributed by atoms with van der Waals surface area (Å²) < 4.78 is 5.77. The third-order valence-corrected chi connectivity index (χ3v) is 3.73. The van der Waals surface area contributed by atoms with Gasteiger partial charge in [-0.15, -0.1) is 0 Å². The summed E-state index contributed by atoms with van der Waals surface area (Å²) in [5.41, 5.74) is 2.04. The lowest BCUT2D eigenvalue weighted by molar-refractivity contribution is 0.0503. The van der Waals surface area contributed by atoms with E-state index in [9.17, 15) is 5.11 Å². The molecule has 0 saturated carbocycles. The molecule has 1 aliphatic heterocycles. The van der Waals surface area contributed by atoms with Gasteiger partial charge in [0.2, 0.25) is 0 Å². The lowest BCUT2D eigenvalue weighted by Gasteiger charge is -2.18. The summed E-state index contributed by atoms with van der Waals surface area (Å²) >= 11 is 6.05. The number of para-hydroxylation sites is 1. The van der Waals surface area contributed by atoms with Gasteiger partial charge in [-0.2, -0.15) is 0 Å². The van der Waals surface area contributed by atoms with E-state index in [-0.39, 0.29) is 6.10 Å². The third-order valence-electron chi connectivity index (χ3n) is 3.39. The van der Waals surface area contributed by atoms with E-state index in [0.717, 1.165) is 23.3 Å². The van der Waals surface area contributed by atoms with Crippen LogP contribution in [0.15, 0.2) is 42.7 Å². The Bertz CT molecular complexity index is 563. The van der Waals surface area contributed by atoms with Gasteiger partial charge in [-0.25, -0.2) is 0 Å². The van der Waals surface area contributed by atoms with Crippen molar-refractivity contribution in [3.63, 3.8) is 0 Å². The molecule has 2 unspecified atom stereocenters. The molecule has 1 aliphatic rings. The van der Waals surface area contributed by atoms with E-state index in [4.69, 9.17) is 16.3 Å². The maximum absolute atomic E-state index is 10.3. The lowest BCUT2D eigenvalue weighted by atomic mass is 10.0. The Morgan fingerprint density at radius 1 is 1.37 bits per heavy atom. The highest BCUT2D eigenvalue weighted by molar-refractivity contribution is 6.31. The minimum Gasteiger partial charge on any atom is -0.487 e. The minimum absolute atomic E-state index is 0.207. The zero-order valence-electron chi connectivity index (χ0n) is 10.3. The number of ether oxygens (including phenoxy) is 1. The van der Waals surface area contributed by atoms with Crippen LogP contribution in [0.1, 0.15) is 11.1 Å². The van der Waals surface area contributed by atoms with E-state index in [1.54, 1.807) is 12.4 Å². The number of pyridine rings is 1. The summed E-state index contributed by atoms with van der Waals surface area (Å²) in [4.78, 5) is 3.94. The first-order valence-electron chi connectivity index (χ1n) is 6.25. The van der Waals surface area contributed by atoms with Gasteiger partial charge in [-0.1, -0.05) is 29.8 Å². The molecule has 0 fully saturated rings. The van der Waals surface area contributed by atoms with Gasteiger partial charge < -0.3 is 9.84 Å². The van der Waals surface area contributed by atoms with Gasteiger partial charge in [-0.3, -0.25) is 4.98 Å². The van der Waals surface area contributed by atoms with Crippen molar-refractivity contribution in [2.24, 2.45) is 0 Å². The fourth-order valence-corrected chi connectivity index (χ4v) is 2.55. The molecule has 2 heterocycles. The summed E-state index contributed by atoms with van der Waals surface area (Å²) in [5, 5.41) is 10.9. The highest BCUT2D eigenvalue weighted by Crippen LogP contribution is 2.30. The van der Waals surface area contributed by atoms with Gasteiger partial charge in [0.15, 0.2) is 0 Å². The Kier molecular flexibility index (Phi) is 3.40. The summed E-state index contributed by atoms with van der Waals surface area (Å²) in [6, 6.07) is 9.71. The molecule has 0 aliphatic carbocycles. The van der Waals surface area contributed by atoms with Crippen LogP contribution in [0.3, 0.4) is 0 Å². The zero-order valence-corrected chi connectivity index (χ0v) is 11.0. The first-order chi connectivity index (χ1) is 9.24. The number of fused-ring (bicyclic) bond motifs is 1. The molecule has 0 amide bonds. The molecule has 2 aromatic rings. The second-order valence-electron chi connectivity index (χ2n) is 4.71. The highest BCUT2D eigenvalue weighted by Gasteiger charge is 2.29. The van der Waals surface area contributed by atoms with Crippen molar-refractivity contribution in [1.82, 2.24) is 4.98 Å². The Labute approximate surface area is 116 Å². The average Bonchev–Trinajstić information content (AvgIpc) is 2.85. The molecular weight excluding hydrogens is 262 g/mol. The predicted molar refractivity (Wildman–Crippen MR) is 73.5 cm³/mol. The largest absolute Gasteiger partial charge is 0.487 e. The monoisotopic (exact) mass is 275 g/mol. The molecule has 1 aromatic heterocycles. The van der Waals surface area contributed by atoms with Crippen LogP contribution in [0.5, 0.6) is 5.75 Å². The first-order valence-corrected chi connectivity index (χ1v) is 6.63. The summed E-state index contributed by atoms with van der Waals surface area (Å²) in [5.74, 6) is 0.868. The molecule has 98 valence electrons. The molecule has 3 rings (SSSR count). The van der Waals surface area contributed by atoms with Gasteiger partial charge in [-0.05, 0) is 23.3 Å². The van der Waals surface area contributed by atoms with Crippen LogP contribution in [-0.2, 0) is 12.8 Å². The lowest BCUT2D eigenvalue weighted by Crippen LogP contribution is -2.32. The molecule has 4 heteroatoms. The molecule has 3 nitrogen and oxygen atoms in total. The van der Waals surface area contributed by atoms with Crippen molar-refractivity contribution < 1.29 is 9.84 Å². The topological polar surface area (TPSA) is 42.4 Å². The number of hydrogen-bond donors (Lipinski definition) is 1. The van der Waals surface area contributed by atoms with Crippen LogP contribution >= 0.6 is 11.6 Å². The molecule has 0 spiro atoms. The number of aliphatic hydroxyl groups is 1. The number of benzene rings is 1. The van der Waals surface area contributed by atoms with Gasteiger partial charge >= 0.3 is 0 Å². The molecular formula is C15H14ClNO2. The average molecular weight is 276 g/mol. The van der Waals surface area contributed by atoms with Crippen LogP contribution in [0.2, 0.25) is 5.02 Å². The van der Waals surface area contributed by atoms with Crippen molar-refractivity contribution >= 4 is 11.6 Å². The number of rotatable bonds is 3. The number of aromatic nitrogens is 1. The van der Waals surface area contributed by atoms with Gasteiger partial charge in [0.25, 0.3) is 0 Å². The summed E-state index contributed by atoms with van der Waals surface area (Å²) in [7, 11) is 0. The summed E-state index contributed by atoms with van der Waals surface area (Å²) in [6.07, 6.45) is 3.69. The van der Waals surface area contributed by atoms with E-state index >= 15 is 0 Å². The van der Waals surface area contributed by atoms with Crippen LogP contribution < -0.4 is 4.74 Å². The number of aliphatic hydroxyl groups excluding tert-OH is 1. The predicted octanol–water partition coefficient (Wildman–Crippen LogP) is 2.64. The van der Waals surface area contributed by atoms with E-state index < -0.39 is 6.10 Å². The Morgan fingerprint density at radius 3 is 3.00 bits per heavy atom. The molecule has 1 aromatic carbocycles. The molecule has 0 radical (unpaired) electrons. The second-order valence-corrected chi connectivity index (χ2v) is 5.11. The van der Waals surface area contributed by atoms with Crippen LogP contribution in [0.25, 0.3) is 0 Å². The molecule has 2 atom stereocenters. The van der Waals surface area contributed by atoms with Crippen molar-refractivity contribution in [2.75, 3.05) is 0 Å². The fourth-order valence-electron chi connectivity index (χ4n) is 2.35. The van der Waals surface area contributed by atoms with Crippen molar-refractivity contribution in [1.29, 1.82) is 0 Å². The smallest absolute Gasteiger partial charge is 0.129 e. The fraction of sp³-hybridized carbons (Fsp3) is 0.267. The molecule has 1 N–H and O–H groups in total. The van der Waals surface area contributed by atoms with Gasteiger partial charge in [0.1, 0.15) is 11.9 Å². The number of hydrogen-bond acceptors (Lipinski definition) is 3. The normalized spacial score (nSPS) is 18.7. The number of nitrogens with zero attached hydrogens (tertiary/aromatic N) is 1. The molecule has 0 saturated heterocycles. The van der Waals surface area contributed by atoms with Crippen molar-refractivity contribution in [3.8, 4) is 5.75 Å². The number of halogens is 1. The van der Waals surface area contributed by atoms with E-state index in [1.807, 2.05) is 30.3 Å². The molecule has 19 heavy (non-hydrogen) atoms. The van der Waals surface area contributed by atoms with E-state index in [0.29, 0.717) is 11.4 Å². The van der Waals surface area contributed by atoms with Crippen LogP contribution in [-0.4, -0.2) is 22.3 Å². The third kappa shape index (κ3) is 2.57. The highest BCUT2D eigenvalue weighted by atomic mass is 35.5. The maximum atomic E-state index is 10.3. The Balaban J connectivity index is 1.70. The van der Waals surface area contributed by atoms with Crippen molar-refractivity contribution in [3.05, 3.63) is 58.9 Å². The second kappa shape index (κ2) is 5.19. The van der Waals surface area contributed by atoms with E-state index in [2.05, 4.69) is 4.98 Å². The van der Waals surface area contributed by atoms with Crippen molar-refractivity contribution in [2.45, 2.75) is 25.0 Å². The van der Waals surface area contributed by atoms with Gasteiger partial charge in [0, 0.05) is 25.2 Å².